The Morgan fingerprint density at radius 3 is 2.19 bits per heavy atom. The number of rotatable bonds is 13. The third-order valence-corrected chi connectivity index (χ3v) is 11.8. The number of anilines is 1. The zero-order chi connectivity index (χ0) is 38.0. The van der Waals surface area contributed by atoms with Crippen molar-refractivity contribution >= 4 is 58.7 Å². The van der Waals surface area contributed by atoms with E-state index in [-0.39, 0.29) is 54.0 Å². The number of fused-ring (bicyclic) bond motifs is 1. The number of nitro groups is 2. The number of amides is 2. The molecule has 0 aliphatic carbocycles. The Kier molecular flexibility index (Phi) is 11.2. The van der Waals surface area contributed by atoms with Gasteiger partial charge < -0.3 is 30.1 Å². The zero-order valence-corrected chi connectivity index (χ0v) is 30.1. The number of non-ortho nitro benzene ring substituents is 2. The van der Waals surface area contributed by atoms with E-state index in [0.717, 1.165) is 0 Å². The average molecular weight is 766 g/mol. The Morgan fingerprint density at radius 2 is 1.62 bits per heavy atom. The number of carbonyl (C=O) groups is 3. The number of aliphatic hydroxyl groups is 1. The number of benzene rings is 2. The number of hydrogen-bond acceptors (Lipinski definition) is 15. The summed E-state index contributed by atoms with van der Waals surface area (Å²) in [4.78, 5) is 73.7. The number of hydrogen-bond donors (Lipinski definition) is 2. The smallest absolute Gasteiger partial charge is 0.410 e. The highest BCUT2D eigenvalue weighted by molar-refractivity contribution is 8.03. The largest absolute Gasteiger partial charge is 0.456 e. The molecule has 0 bridgehead atoms. The van der Waals surface area contributed by atoms with Crippen LogP contribution in [0.2, 0.25) is 0 Å². The second kappa shape index (κ2) is 15.8. The van der Waals surface area contributed by atoms with Crippen molar-refractivity contribution < 1.29 is 38.8 Å². The number of ether oxygens (including phenoxy) is 2. The van der Waals surface area contributed by atoms with Crippen LogP contribution in [0.3, 0.4) is 0 Å². The fraction of sp³-hybridized carbons (Fsp3) is 0.382. The summed E-state index contributed by atoms with van der Waals surface area (Å²) < 4.78 is 11.3. The van der Waals surface area contributed by atoms with E-state index in [9.17, 15) is 39.7 Å². The van der Waals surface area contributed by atoms with Crippen molar-refractivity contribution in [3.05, 3.63) is 103 Å². The summed E-state index contributed by atoms with van der Waals surface area (Å²) >= 11 is 2.69. The lowest BCUT2D eigenvalue weighted by Crippen LogP contribution is -2.63. The van der Waals surface area contributed by atoms with Crippen molar-refractivity contribution in [2.75, 3.05) is 18.0 Å². The van der Waals surface area contributed by atoms with Gasteiger partial charge in [0.15, 0.2) is 5.16 Å². The molecule has 3 aliphatic rings. The van der Waals surface area contributed by atoms with Gasteiger partial charge in [-0.3, -0.25) is 25.0 Å². The molecular formula is C34H35N7O10S2. The van der Waals surface area contributed by atoms with Gasteiger partial charge in [0.05, 0.1) is 27.9 Å². The Bertz CT molecular complexity index is 1950. The SMILES string of the molecule is C[C@@H](O)[C@H]1C(=O)N2C(C(=O)OCc3ccc([N+](=O)[O-])cc3)=C(S[C@H]3C[C@@H](CSc4nccc(N)n4)N(C(=O)OCc4ccc([N+](=O)[O-])cc4)C3)[C@H](C)[C@H]12. The third kappa shape index (κ3) is 8.06. The van der Waals surface area contributed by atoms with Crippen LogP contribution in [0.1, 0.15) is 31.4 Å². The van der Waals surface area contributed by atoms with Gasteiger partial charge >= 0.3 is 12.1 Å². The highest BCUT2D eigenvalue weighted by Gasteiger charge is 2.60. The van der Waals surface area contributed by atoms with Crippen LogP contribution in [0.4, 0.5) is 22.0 Å². The molecule has 2 amide bonds. The summed E-state index contributed by atoms with van der Waals surface area (Å²) in [6.45, 7) is 3.34. The van der Waals surface area contributed by atoms with Crippen LogP contribution in [-0.2, 0) is 32.3 Å². The lowest BCUT2D eigenvalue weighted by Gasteiger charge is -2.46. The Morgan fingerprint density at radius 1 is 1.02 bits per heavy atom. The molecule has 3 aliphatic heterocycles. The molecule has 53 heavy (non-hydrogen) atoms. The molecule has 2 saturated heterocycles. The number of esters is 1. The number of nitrogen functional groups attached to an aromatic ring is 1. The van der Waals surface area contributed by atoms with E-state index in [1.807, 2.05) is 6.92 Å². The molecule has 0 spiro atoms. The molecule has 0 unspecified atom stereocenters. The molecule has 2 fully saturated rings. The lowest BCUT2D eigenvalue weighted by atomic mass is 9.79. The van der Waals surface area contributed by atoms with Crippen LogP contribution < -0.4 is 5.73 Å². The first-order chi connectivity index (χ1) is 25.3. The van der Waals surface area contributed by atoms with Gasteiger partial charge in [0.25, 0.3) is 11.4 Å². The second-order valence-corrected chi connectivity index (χ2v) is 15.1. The van der Waals surface area contributed by atoms with Gasteiger partial charge in [0, 0.05) is 64.9 Å². The number of thioether (sulfide) groups is 2. The van der Waals surface area contributed by atoms with E-state index >= 15 is 0 Å². The topological polar surface area (TPSA) is 234 Å². The number of nitrogens with two attached hydrogens (primary N) is 1. The van der Waals surface area contributed by atoms with Crippen LogP contribution >= 0.6 is 23.5 Å². The molecule has 3 aromatic rings. The minimum atomic E-state index is -0.948. The van der Waals surface area contributed by atoms with Gasteiger partial charge in [-0.25, -0.2) is 19.6 Å². The van der Waals surface area contributed by atoms with Crippen molar-refractivity contribution in [1.82, 2.24) is 19.8 Å². The standard InChI is InChI=1S/C34H35N7O10S2/c1-18-28-27(19(2)42)31(43)39(28)29(32(44)50-15-20-3-7-22(8-4-20)40(46)47)30(18)53-25-13-24(17-52-33-36-12-11-26(35)37-33)38(14-25)34(45)51-16-21-5-9-23(10-6-21)41(48)49/h3-12,18-19,24-25,27-28,42H,13-17H2,1-2H3,(H2,35,36,37)/t18-,19-,24+,25+,27-,28-/m1/s1. The molecule has 0 radical (unpaired) electrons. The predicted octanol–water partition coefficient (Wildman–Crippen LogP) is 4.29. The molecule has 6 rings (SSSR count). The molecular weight excluding hydrogens is 731 g/mol. The number of likely N-dealkylation sites (tertiary alicyclic amines) is 1. The van der Waals surface area contributed by atoms with Crippen LogP contribution in [-0.4, -0.2) is 88.4 Å². The summed E-state index contributed by atoms with van der Waals surface area (Å²) in [6.07, 6.45) is 0.466. The number of nitrogens with zero attached hydrogens (tertiary/aromatic N) is 6. The molecule has 278 valence electrons. The van der Waals surface area contributed by atoms with Crippen molar-refractivity contribution in [3.63, 3.8) is 0 Å². The summed E-state index contributed by atoms with van der Waals surface area (Å²) in [7, 11) is 0. The quantitative estimate of drug-likeness (QED) is 0.0617. The zero-order valence-electron chi connectivity index (χ0n) is 28.5. The van der Waals surface area contributed by atoms with Gasteiger partial charge in [-0.2, -0.15) is 0 Å². The van der Waals surface area contributed by atoms with E-state index in [1.54, 1.807) is 11.0 Å². The first kappa shape index (κ1) is 37.5. The number of β-lactam (4-membered cyclic amide) rings is 1. The van der Waals surface area contributed by atoms with E-state index in [4.69, 9.17) is 15.2 Å². The van der Waals surface area contributed by atoms with Gasteiger partial charge in [0.1, 0.15) is 24.7 Å². The number of aliphatic hydroxyl groups excluding tert-OH is 1. The van der Waals surface area contributed by atoms with Gasteiger partial charge in [-0.05, 0) is 54.8 Å². The minimum absolute atomic E-state index is 0.0783. The maximum absolute atomic E-state index is 13.7. The summed E-state index contributed by atoms with van der Waals surface area (Å²) in [5.74, 6) is -1.50. The average Bonchev–Trinajstić information content (AvgIpc) is 3.64. The Hall–Kier alpha value is -5.27. The normalized spacial score (nSPS) is 22.6. The summed E-state index contributed by atoms with van der Waals surface area (Å²) in [5.41, 5.74) is 6.80. The van der Waals surface area contributed by atoms with Crippen molar-refractivity contribution in [2.45, 2.75) is 62.1 Å². The Balaban J connectivity index is 1.21. The van der Waals surface area contributed by atoms with Crippen LogP contribution in [0.5, 0.6) is 0 Å². The molecule has 1 aromatic heterocycles. The number of aromatic nitrogens is 2. The fourth-order valence-corrected chi connectivity index (χ4v) is 9.18. The predicted molar refractivity (Wildman–Crippen MR) is 192 cm³/mol. The highest BCUT2D eigenvalue weighted by atomic mass is 32.2. The van der Waals surface area contributed by atoms with Gasteiger partial charge in [-0.15, -0.1) is 11.8 Å². The van der Waals surface area contributed by atoms with Gasteiger partial charge in [0.2, 0.25) is 5.91 Å². The molecule has 19 heteroatoms. The maximum atomic E-state index is 13.7. The summed E-state index contributed by atoms with van der Waals surface area (Å²) in [5, 5.41) is 32.7. The Labute approximate surface area is 311 Å². The van der Waals surface area contributed by atoms with E-state index < -0.39 is 45.9 Å². The van der Waals surface area contributed by atoms with Crippen molar-refractivity contribution in [3.8, 4) is 0 Å². The van der Waals surface area contributed by atoms with E-state index in [0.29, 0.717) is 39.2 Å². The molecule has 0 saturated carbocycles. The van der Waals surface area contributed by atoms with Crippen molar-refractivity contribution in [1.29, 1.82) is 0 Å². The van der Waals surface area contributed by atoms with Gasteiger partial charge in [-0.1, -0.05) is 18.7 Å². The molecule has 3 N–H and O–H groups in total. The van der Waals surface area contributed by atoms with Crippen LogP contribution in [0, 0.1) is 32.1 Å². The maximum Gasteiger partial charge on any atom is 0.410 e. The lowest BCUT2D eigenvalue weighted by molar-refractivity contribution is -0.385. The number of nitro benzene ring substituents is 2. The second-order valence-electron chi connectivity index (χ2n) is 12.8. The summed E-state index contributed by atoms with van der Waals surface area (Å²) in [6, 6.07) is 12.0. The third-order valence-electron chi connectivity index (χ3n) is 9.29. The monoisotopic (exact) mass is 765 g/mol. The molecule has 6 atom stereocenters. The first-order valence-electron chi connectivity index (χ1n) is 16.5. The van der Waals surface area contributed by atoms with E-state index in [1.165, 1.54) is 90.1 Å². The van der Waals surface area contributed by atoms with E-state index in [2.05, 4.69) is 9.97 Å². The molecule has 17 nitrogen and oxygen atoms in total. The first-order valence-corrected chi connectivity index (χ1v) is 18.4. The van der Waals surface area contributed by atoms with Crippen molar-refractivity contribution in [2.24, 2.45) is 11.8 Å². The fourth-order valence-electron chi connectivity index (χ4n) is 6.66. The highest BCUT2D eigenvalue weighted by Crippen LogP contribution is 2.52. The van der Waals surface area contributed by atoms with Crippen LogP contribution in [0.15, 0.2) is 76.6 Å². The van der Waals surface area contributed by atoms with Crippen LogP contribution in [0.25, 0.3) is 0 Å². The molecule has 4 heterocycles. The molecule has 2 aromatic carbocycles. The minimum Gasteiger partial charge on any atom is -0.456 e. The number of carbonyl (C=O) groups excluding carboxylic acids is 3.